The van der Waals surface area contributed by atoms with E-state index in [1.807, 2.05) is 19.9 Å². The minimum Gasteiger partial charge on any atom is -0.411 e. The highest BCUT2D eigenvalue weighted by Crippen LogP contribution is 2.24. The maximum Gasteiger partial charge on any atom is 0.311 e. The average molecular weight is 431 g/mol. The number of aromatic nitrogens is 3. The van der Waals surface area contributed by atoms with Crippen LogP contribution in [-0.2, 0) is 14.8 Å². The molecule has 0 saturated carbocycles. The number of H-pyrrole nitrogens is 1. The molecule has 1 amide bonds. The van der Waals surface area contributed by atoms with Crippen LogP contribution in [0.15, 0.2) is 39.8 Å². The standard InChI is InChI=1S/C19H21N5O5S/c1-12-3-4-14(9-13(12)2)23-30(26,27)15-10-16(20-11-15)17-21-22-18(29-17)19(25)24-5-7-28-8-6-24/h3-4,9-11,20,23H,5-8H2,1-2H3. The number of anilines is 1. The Morgan fingerprint density at radius 2 is 1.90 bits per heavy atom. The van der Waals surface area contributed by atoms with E-state index in [9.17, 15) is 13.2 Å². The molecule has 2 N–H and O–H groups in total. The van der Waals surface area contributed by atoms with Gasteiger partial charge in [-0.05, 0) is 43.2 Å². The van der Waals surface area contributed by atoms with Gasteiger partial charge in [-0.3, -0.25) is 9.52 Å². The SMILES string of the molecule is Cc1ccc(NS(=O)(=O)c2c[nH]c(-c3nnc(C(=O)N4CCOCC4)o3)c2)cc1C. The Balaban J connectivity index is 1.51. The highest BCUT2D eigenvalue weighted by Gasteiger charge is 2.25. The predicted molar refractivity (Wildman–Crippen MR) is 108 cm³/mol. The van der Waals surface area contributed by atoms with Gasteiger partial charge in [-0.15, -0.1) is 10.2 Å². The number of morpholine rings is 1. The molecule has 2 aromatic heterocycles. The Hall–Kier alpha value is -3.18. The Bertz CT molecular complexity index is 1180. The van der Waals surface area contributed by atoms with E-state index in [1.54, 1.807) is 17.0 Å². The van der Waals surface area contributed by atoms with Crippen molar-refractivity contribution in [2.24, 2.45) is 0 Å². The summed E-state index contributed by atoms with van der Waals surface area (Å²) in [6.45, 7) is 5.68. The number of nitrogens with one attached hydrogen (secondary N) is 2. The third-order valence-electron chi connectivity index (χ3n) is 4.86. The van der Waals surface area contributed by atoms with Crippen LogP contribution in [0.25, 0.3) is 11.6 Å². The van der Waals surface area contributed by atoms with Gasteiger partial charge in [-0.1, -0.05) is 6.07 Å². The molecule has 0 radical (unpaired) electrons. The van der Waals surface area contributed by atoms with Crippen LogP contribution in [0.5, 0.6) is 0 Å². The lowest BCUT2D eigenvalue weighted by Gasteiger charge is -2.25. The second kappa shape index (κ2) is 7.92. The first kappa shape index (κ1) is 20.1. The second-order valence-corrected chi connectivity index (χ2v) is 8.65. The molecular formula is C19H21N5O5S. The lowest BCUT2D eigenvalue weighted by atomic mass is 10.1. The quantitative estimate of drug-likeness (QED) is 0.631. The third kappa shape index (κ3) is 4.07. The van der Waals surface area contributed by atoms with Gasteiger partial charge in [0.2, 0.25) is 0 Å². The molecule has 0 spiro atoms. The van der Waals surface area contributed by atoms with E-state index in [0.717, 1.165) is 11.1 Å². The van der Waals surface area contributed by atoms with Crippen molar-refractivity contribution in [3.05, 3.63) is 47.5 Å². The van der Waals surface area contributed by atoms with Gasteiger partial charge in [0.1, 0.15) is 10.6 Å². The topological polar surface area (TPSA) is 130 Å². The number of sulfonamides is 1. The van der Waals surface area contributed by atoms with Crippen LogP contribution in [0.2, 0.25) is 0 Å². The third-order valence-corrected chi connectivity index (χ3v) is 6.22. The average Bonchev–Trinajstić information content (AvgIpc) is 3.40. The lowest BCUT2D eigenvalue weighted by Crippen LogP contribution is -2.40. The predicted octanol–water partition coefficient (Wildman–Crippen LogP) is 1.95. The minimum absolute atomic E-state index is 0.00924. The van der Waals surface area contributed by atoms with Gasteiger partial charge < -0.3 is 19.0 Å². The van der Waals surface area contributed by atoms with Crippen molar-refractivity contribution in [2.75, 3.05) is 31.0 Å². The zero-order valence-corrected chi connectivity index (χ0v) is 17.3. The summed E-state index contributed by atoms with van der Waals surface area (Å²) >= 11 is 0. The van der Waals surface area contributed by atoms with Gasteiger partial charge in [0.15, 0.2) is 0 Å². The largest absolute Gasteiger partial charge is 0.411 e. The molecule has 158 valence electrons. The number of aryl methyl sites for hydroxylation is 2. The fourth-order valence-corrected chi connectivity index (χ4v) is 4.03. The van der Waals surface area contributed by atoms with Gasteiger partial charge in [0, 0.05) is 25.0 Å². The normalized spacial score (nSPS) is 14.7. The van der Waals surface area contributed by atoms with E-state index >= 15 is 0 Å². The van der Waals surface area contributed by atoms with Crippen LogP contribution in [0.4, 0.5) is 5.69 Å². The number of carbonyl (C=O) groups is 1. The molecule has 30 heavy (non-hydrogen) atoms. The van der Waals surface area contributed by atoms with Gasteiger partial charge in [-0.2, -0.15) is 0 Å². The highest BCUT2D eigenvalue weighted by atomic mass is 32.2. The van der Waals surface area contributed by atoms with Crippen LogP contribution in [-0.4, -0.2) is 60.7 Å². The first-order chi connectivity index (χ1) is 14.3. The van der Waals surface area contributed by atoms with Gasteiger partial charge in [0.05, 0.1) is 13.2 Å². The molecule has 11 heteroatoms. The summed E-state index contributed by atoms with van der Waals surface area (Å²) in [4.78, 5) is 16.8. The van der Waals surface area contributed by atoms with E-state index in [2.05, 4.69) is 19.9 Å². The van der Waals surface area contributed by atoms with Crippen LogP contribution < -0.4 is 4.72 Å². The summed E-state index contributed by atoms with van der Waals surface area (Å²) in [5.41, 5.74) is 2.81. The van der Waals surface area contributed by atoms with E-state index in [1.165, 1.54) is 12.3 Å². The molecule has 4 rings (SSSR count). The van der Waals surface area contributed by atoms with Gasteiger partial charge in [-0.25, -0.2) is 8.42 Å². The van der Waals surface area contributed by atoms with Crippen molar-refractivity contribution >= 4 is 21.6 Å². The minimum atomic E-state index is -3.82. The number of benzene rings is 1. The Morgan fingerprint density at radius 3 is 2.63 bits per heavy atom. The molecule has 3 aromatic rings. The highest BCUT2D eigenvalue weighted by molar-refractivity contribution is 7.92. The van der Waals surface area contributed by atoms with Gasteiger partial charge in [0.25, 0.3) is 15.9 Å². The molecule has 1 fully saturated rings. The molecule has 1 aliphatic rings. The molecule has 0 aliphatic carbocycles. The van der Waals surface area contributed by atoms with Gasteiger partial charge >= 0.3 is 11.8 Å². The maximum atomic E-state index is 12.7. The van der Waals surface area contributed by atoms with Crippen molar-refractivity contribution in [2.45, 2.75) is 18.7 Å². The first-order valence-corrected chi connectivity index (χ1v) is 10.8. The monoisotopic (exact) mass is 431 g/mol. The second-order valence-electron chi connectivity index (χ2n) is 6.97. The molecule has 1 saturated heterocycles. The summed E-state index contributed by atoms with van der Waals surface area (Å²) in [6.07, 6.45) is 1.33. The van der Waals surface area contributed by atoms with Crippen molar-refractivity contribution < 1.29 is 22.4 Å². The van der Waals surface area contributed by atoms with E-state index < -0.39 is 10.0 Å². The number of amides is 1. The summed E-state index contributed by atoms with van der Waals surface area (Å²) in [7, 11) is -3.82. The summed E-state index contributed by atoms with van der Waals surface area (Å²) in [5.74, 6) is -0.508. The number of nitrogens with zero attached hydrogens (tertiary/aromatic N) is 3. The smallest absolute Gasteiger partial charge is 0.311 e. The fraction of sp³-hybridized carbons (Fsp3) is 0.316. The molecule has 1 aliphatic heterocycles. The van der Waals surface area contributed by atoms with Crippen LogP contribution in [0.3, 0.4) is 0 Å². The molecular weight excluding hydrogens is 410 g/mol. The van der Waals surface area contributed by atoms with Crippen LogP contribution in [0, 0.1) is 13.8 Å². The van der Waals surface area contributed by atoms with Crippen molar-refractivity contribution in [3.63, 3.8) is 0 Å². The number of carbonyl (C=O) groups excluding carboxylic acids is 1. The van der Waals surface area contributed by atoms with E-state index in [-0.39, 0.29) is 22.6 Å². The summed E-state index contributed by atoms with van der Waals surface area (Å²) in [6, 6.07) is 6.69. The van der Waals surface area contributed by atoms with E-state index in [4.69, 9.17) is 9.15 Å². The zero-order valence-electron chi connectivity index (χ0n) is 16.5. The van der Waals surface area contributed by atoms with Crippen molar-refractivity contribution in [1.82, 2.24) is 20.1 Å². The number of aromatic amines is 1. The summed E-state index contributed by atoms with van der Waals surface area (Å²) < 4.78 is 38.6. The maximum absolute atomic E-state index is 12.7. The fourth-order valence-electron chi connectivity index (χ4n) is 2.99. The Labute approximate surface area is 173 Å². The van der Waals surface area contributed by atoms with Crippen LogP contribution in [0.1, 0.15) is 21.8 Å². The van der Waals surface area contributed by atoms with Crippen LogP contribution >= 0.6 is 0 Å². The zero-order chi connectivity index (χ0) is 21.3. The van der Waals surface area contributed by atoms with Crippen molar-refractivity contribution in [3.8, 4) is 11.6 Å². The van der Waals surface area contributed by atoms with Crippen molar-refractivity contribution in [1.29, 1.82) is 0 Å². The molecule has 3 heterocycles. The first-order valence-electron chi connectivity index (χ1n) is 9.33. The Kier molecular flexibility index (Phi) is 5.31. The van der Waals surface area contributed by atoms with E-state index in [0.29, 0.717) is 37.7 Å². The molecule has 10 nitrogen and oxygen atoms in total. The molecule has 1 aromatic carbocycles. The number of hydrogen-bond donors (Lipinski definition) is 2. The molecule has 0 bridgehead atoms. The number of hydrogen-bond acceptors (Lipinski definition) is 7. The molecule has 0 atom stereocenters. The molecule has 0 unspecified atom stereocenters. The summed E-state index contributed by atoms with van der Waals surface area (Å²) in [5, 5.41) is 7.65. The Morgan fingerprint density at radius 1 is 1.13 bits per heavy atom. The number of rotatable bonds is 5. The lowest BCUT2D eigenvalue weighted by molar-refractivity contribution is 0.0278. The number of ether oxygens (including phenoxy) is 1.